The lowest BCUT2D eigenvalue weighted by Gasteiger charge is -2.19. The second-order valence-corrected chi connectivity index (χ2v) is 7.12. The number of aromatic nitrogens is 1. The minimum absolute atomic E-state index is 0.100. The number of carbonyl (C=O) groups excluding carboxylic acids is 1. The lowest BCUT2D eigenvalue weighted by atomic mass is 10.0. The van der Waals surface area contributed by atoms with Crippen LogP contribution in [-0.2, 0) is 11.3 Å². The van der Waals surface area contributed by atoms with Crippen LogP contribution in [-0.4, -0.2) is 29.4 Å². The van der Waals surface area contributed by atoms with Crippen LogP contribution in [0, 0.1) is 27.7 Å². The molecule has 28 heavy (non-hydrogen) atoms. The third-order valence-corrected chi connectivity index (χ3v) is 4.98. The standard InChI is InChI=1S/C22H24N2O4/c1-13-8-18(21-15(3)16(4)22(26)28-19(21)9-13)27-12-20(25)24(5)11-17-6-7-23-10-14(17)2/h6-10H,11-12H2,1-5H3. The molecule has 0 radical (unpaired) electrons. The van der Waals surface area contributed by atoms with Crippen LogP contribution < -0.4 is 10.4 Å². The molecule has 2 heterocycles. The summed E-state index contributed by atoms with van der Waals surface area (Å²) >= 11 is 0. The van der Waals surface area contributed by atoms with Crippen molar-refractivity contribution < 1.29 is 13.9 Å². The van der Waals surface area contributed by atoms with E-state index in [1.807, 2.05) is 32.9 Å². The summed E-state index contributed by atoms with van der Waals surface area (Å²) in [4.78, 5) is 30.2. The van der Waals surface area contributed by atoms with E-state index in [-0.39, 0.29) is 18.1 Å². The molecule has 0 bridgehead atoms. The van der Waals surface area contributed by atoms with Gasteiger partial charge in [-0.2, -0.15) is 0 Å². The maximum Gasteiger partial charge on any atom is 0.339 e. The van der Waals surface area contributed by atoms with Gasteiger partial charge in [-0.1, -0.05) is 0 Å². The Morgan fingerprint density at radius 2 is 1.93 bits per heavy atom. The van der Waals surface area contributed by atoms with E-state index in [1.165, 1.54) is 0 Å². The number of fused-ring (bicyclic) bond motifs is 1. The van der Waals surface area contributed by atoms with E-state index < -0.39 is 0 Å². The summed E-state index contributed by atoms with van der Waals surface area (Å²) in [5.41, 5.74) is 4.42. The number of hydrogen-bond acceptors (Lipinski definition) is 5. The molecule has 0 saturated carbocycles. The number of carbonyl (C=O) groups is 1. The van der Waals surface area contributed by atoms with Crippen LogP contribution in [0.25, 0.3) is 11.0 Å². The molecular formula is C22H24N2O4. The second-order valence-electron chi connectivity index (χ2n) is 7.12. The van der Waals surface area contributed by atoms with Gasteiger partial charge in [-0.05, 0) is 68.1 Å². The number of hydrogen-bond donors (Lipinski definition) is 0. The molecule has 3 aromatic rings. The Balaban J connectivity index is 1.81. The summed E-state index contributed by atoms with van der Waals surface area (Å²) in [6, 6.07) is 5.56. The highest BCUT2D eigenvalue weighted by Crippen LogP contribution is 2.30. The van der Waals surface area contributed by atoms with Crippen LogP contribution in [0.15, 0.2) is 39.8 Å². The quantitative estimate of drug-likeness (QED) is 0.634. The molecule has 6 nitrogen and oxygen atoms in total. The molecule has 1 amide bonds. The van der Waals surface area contributed by atoms with Gasteiger partial charge in [-0.3, -0.25) is 9.78 Å². The van der Waals surface area contributed by atoms with E-state index in [1.54, 1.807) is 37.3 Å². The number of aryl methyl sites for hydroxylation is 3. The van der Waals surface area contributed by atoms with Crippen molar-refractivity contribution in [1.82, 2.24) is 9.88 Å². The van der Waals surface area contributed by atoms with Gasteiger partial charge in [-0.25, -0.2) is 4.79 Å². The summed E-state index contributed by atoms with van der Waals surface area (Å²) < 4.78 is 11.3. The van der Waals surface area contributed by atoms with Gasteiger partial charge in [0.15, 0.2) is 6.61 Å². The van der Waals surface area contributed by atoms with Crippen molar-refractivity contribution in [2.24, 2.45) is 0 Å². The molecule has 0 atom stereocenters. The van der Waals surface area contributed by atoms with Gasteiger partial charge in [0.25, 0.3) is 5.91 Å². The molecule has 0 aliphatic heterocycles. The minimum atomic E-state index is -0.356. The first-order valence-corrected chi connectivity index (χ1v) is 9.09. The zero-order chi connectivity index (χ0) is 20.4. The second kappa shape index (κ2) is 7.84. The maximum atomic E-state index is 12.6. The highest BCUT2D eigenvalue weighted by atomic mass is 16.5. The molecule has 2 aromatic heterocycles. The molecule has 3 rings (SSSR count). The van der Waals surface area contributed by atoms with Crippen LogP contribution in [0.4, 0.5) is 0 Å². The van der Waals surface area contributed by atoms with Gasteiger partial charge in [-0.15, -0.1) is 0 Å². The van der Waals surface area contributed by atoms with E-state index in [0.717, 1.165) is 27.6 Å². The molecule has 0 saturated heterocycles. The van der Waals surface area contributed by atoms with Gasteiger partial charge in [0.05, 0.1) is 5.39 Å². The first kappa shape index (κ1) is 19.6. The molecule has 0 N–H and O–H groups in total. The fourth-order valence-corrected chi connectivity index (χ4v) is 3.07. The average molecular weight is 380 g/mol. The maximum absolute atomic E-state index is 12.6. The first-order valence-electron chi connectivity index (χ1n) is 9.09. The third-order valence-electron chi connectivity index (χ3n) is 4.98. The Labute approximate surface area is 163 Å². The van der Waals surface area contributed by atoms with Crippen molar-refractivity contribution in [1.29, 1.82) is 0 Å². The van der Waals surface area contributed by atoms with Crippen molar-refractivity contribution in [3.05, 3.63) is 68.8 Å². The van der Waals surface area contributed by atoms with Gasteiger partial charge in [0.2, 0.25) is 0 Å². The predicted molar refractivity (Wildman–Crippen MR) is 108 cm³/mol. The molecule has 0 aliphatic carbocycles. The fraction of sp³-hybridized carbons (Fsp3) is 0.318. The van der Waals surface area contributed by atoms with Gasteiger partial charge < -0.3 is 14.1 Å². The van der Waals surface area contributed by atoms with E-state index in [9.17, 15) is 9.59 Å². The number of rotatable bonds is 5. The Morgan fingerprint density at radius 3 is 2.64 bits per heavy atom. The van der Waals surface area contributed by atoms with Crippen LogP contribution in [0.2, 0.25) is 0 Å². The van der Waals surface area contributed by atoms with Gasteiger partial charge in [0.1, 0.15) is 11.3 Å². The molecule has 0 unspecified atom stereocenters. The zero-order valence-electron chi connectivity index (χ0n) is 16.8. The third kappa shape index (κ3) is 3.91. The van der Waals surface area contributed by atoms with Crippen LogP contribution in [0.3, 0.4) is 0 Å². The van der Waals surface area contributed by atoms with Gasteiger partial charge in [0, 0.05) is 31.5 Å². The summed E-state index contributed by atoms with van der Waals surface area (Å²) in [6.07, 6.45) is 3.50. The number of benzene rings is 1. The summed E-state index contributed by atoms with van der Waals surface area (Å²) in [5, 5.41) is 0.725. The summed E-state index contributed by atoms with van der Waals surface area (Å²) in [6.45, 7) is 7.82. The van der Waals surface area contributed by atoms with E-state index in [0.29, 0.717) is 23.4 Å². The SMILES string of the molecule is Cc1cc(OCC(=O)N(C)Cc2ccncc2C)c2c(C)c(C)c(=O)oc2c1. The van der Waals surface area contributed by atoms with Crippen LogP contribution in [0.1, 0.15) is 27.8 Å². The van der Waals surface area contributed by atoms with Crippen LogP contribution in [0.5, 0.6) is 5.75 Å². The van der Waals surface area contributed by atoms with E-state index in [2.05, 4.69) is 4.98 Å². The van der Waals surface area contributed by atoms with Crippen molar-refractivity contribution in [2.75, 3.05) is 13.7 Å². The number of likely N-dealkylation sites (N-methyl/N-ethyl adjacent to an activating group) is 1. The molecule has 0 aliphatic rings. The van der Waals surface area contributed by atoms with E-state index in [4.69, 9.17) is 9.15 Å². The number of nitrogens with zero attached hydrogens (tertiary/aromatic N) is 2. The van der Waals surface area contributed by atoms with Crippen molar-refractivity contribution >= 4 is 16.9 Å². The largest absolute Gasteiger partial charge is 0.483 e. The van der Waals surface area contributed by atoms with Crippen molar-refractivity contribution in [3.63, 3.8) is 0 Å². The van der Waals surface area contributed by atoms with Crippen molar-refractivity contribution in [3.8, 4) is 5.75 Å². The van der Waals surface area contributed by atoms with Crippen molar-refractivity contribution in [2.45, 2.75) is 34.2 Å². The monoisotopic (exact) mass is 380 g/mol. The molecule has 146 valence electrons. The summed E-state index contributed by atoms with van der Waals surface area (Å²) in [7, 11) is 1.74. The van der Waals surface area contributed by atoms with Crippen LogP contribution >= 0.6 is 0 Å². The highest BCUT2D eigenvalue weighted by molar-refractivity contribution is 5.88. The van der Waals surface area contributed by atoms with E-state index >= 15 is 0 Å². The fourth-order valence-electron chi connectivity index (χ4n) is 3.07. The normalized spacial score (nSPS) is 10.9. The highest BCUT2D eigenvalue weighted by Gasteiger charge is 2.16. The number of amides is 1. The average Bonchev–Trinajstić information content (AvgIpc) is 2.65. The Kier molecular flexibility index (Phi) is 5.49. The molecule has 6 heteroatoms. The number of ether oxygens (including phenoxy) is 1. The Morgan fingerprint density at radius 1 is 1.18 bits per heavy atom. The van der Waals surface area contributed by atoms with Gasteiger partial charge >= 0.3 is 5.63 Å². The smallest absolute Gasteiger partial charge is 0.339 e. The topological polar surface area (TPSA) is 72.6 Å². The summed E-state index contributed by atoms with van der Waals surface area (Å²) in [5.74, 6) is 0.402. The predicted octanol–water partition coefficient (Wildman–Crippen LogP) is 3.46. The lowest BCUT2D eigenvalue weighted by Crippen LogP contribution is -2.31. The Bertz CT molecular complexity index is 1100. The molecule has 1 aromatic carbocycles. The zero-order valence-corrected chi connectivity index (χ0v) is 16.8. The molecule has 0 spiro atoms. The number of pyridine rings is 1. The minimum Gasteiger partial charge on any atom is -0.483 e. The first-order chi connectivity index (χ1) is 13.3. The molecule has 0 fully saturated rings. The molecular weight excluding hydrogens is 356 g/mol. The lowest BCUT2D eigenvalue weighted by molar-refractivity contribution is -0.132. The Hall–Kier alpha value is -3.15.